The van der Waals surface area contributed by atoms with Crippen molar-refractivity contribution in [1.82, 2.24) is 15.5 Å². The Morgan fingerprint density at radius 2 is 2.20 bits per heavy atom. The molecule has 0 fully saturated rings. The number of benzene rings is 1. The highest BCUT2D eigenvalue weighted by molar-refractivity contribution is 9.10. The maximum Gasteiger partial charge on any atom is 0.253 e. The zero-order valence-corrected chi connectivity index (χ0v) is 13.2. The maximum atomic E-state index is 5.65. The Balaban J connectivity index is 1.92. The number of aryl methyl sites for hydroxylation is 1. The van der Waals surface area contributed by atoms with Crippen LogP contribution in [0.4, 0.5) is 0 Å². The fraction of sp³-hybridized carbons (Fsp3) is 0.429. The van der Waals surface area contributed by atoms with E-state index in [0.717, 1.165) is 29.7 Å². The van der Waals surface area contributed by atoms with Gasteiger partial charge in [0.15, 0.2) is 6.61 Å². The monoisotopic (exact) mass is 339 g/mol. The van der Waals surface area contributed by atoms with Gasteiger partial charge in [-0.05, 0) is 46.6 Å². The Hall–Kier alpha value is -1.40. The number of aromatic nitrogens is 2. The van der Waals surface area contributed by atoms with Crippen molar-refractivity contribution in [1.29, 1.82) is 0 Å². The van der Waals surface area contributed by atoms with E-state index in [1.54, 1.807) is 6.92 Å². The molecule has 108 valence electrons. The van der Waals surface area contributed by atoms with Crippen molar-refractivity contribution in [3.63, 3.8) is 0 Å². The van der Waals surface area contributed by atoms with Gasteiger partial charge in [0.1, 0.15) is 5.75 Å². The molecule has 5 nitrogen and oxygen atoms in total. The van der Waals surface area contributed by atoms with Crippen molar-refractivity contribution in [3.8, 4) is 5.75 Å². The summed E-state index contributed by atoms with van der Waals surface area (Å²) in [4.78, 5) is 0. The van der Waals surface area contributed by atoms with Gasteiger partial charge < -0.3 is 14.5 Å². The Morgan fingerprint density at radius 3 is 2.85 bits per heavy atom. The second-order valence-corrected chi connectivity index (χ2v) is 5.30. The summed E-state index contributed by atoms with van der Waals surface area (Å²) >= 11 is 3.52. The molecule has 0 amide bonds. The van der Waals surface area contributed by atoms with Crippen LogP contribution in [-0.2, 0) is 13.2 Å². The van der Waals surface area contributed by atoms with Gasteiger partial charge in [0.05, 0.1) is 4.47 Å². The van der Waals surface area contributed by atoms with E-state index in [1.807, 2.05) is 12.1 Å². The minimum atomic E-state index is 0.271. The molecule has 6 heteroatoms. The summed E-state index contributed by atoms with van der Waals surface area (Å²) in [5.41, 5.74) is 1.21. The normalized spacial score (nSPS) is 10.8. The Morgan fingerprint density at radius 1 is 1.35 bits per heavy atom. The number of hydrogen-bond donors (Lipinski definition) is 1. The quantitative estimate of drug-likeness (QED) is 0.784. The van der Waals surface area contributed by atoms with Gasteiger partial charge in [-0.3, -0.25) is 0 Å². The van der Waals surface area contributed by atoms with E-state index < -0.39 is 0 Å². The zero-order valence-electron chi connectivity index (χ0n) is 11.6. The molecular weight excluding hydrogens is 322 g/mol. The summed E-state index contributed by atoms with van der Waals surface area (Å²) in [5, 5.41) is 11.0. The molecule has 0 bridgehead atoms. The summed E-state index contributed by atoms with van der Waals surface area (Å²) in [6, 6.07) is 6.04. The van der Waals surface area contributed by atoms with Crippen LogP contribution < -0.4 is 10.1 Å². The predicted molar refractivity (Wildman–Crippen MR) is 79.5 cm³/mol. The fourth-order valence-electron chi connectivity index (χ4n) is 1.72. The predicted octanol–water partition coefficient (Wildman–Crippen LogP) is 3.22. The number of halogens is 1. The molecule has 1 aromatic heterocycles. The van der Waals surface area contributed by atoms with E-state index in [2.05, 4.69) is 44.4 Å². The van der Waals surface area contributed by atoms with E-state index >= 15 is 0 Å². The average molecular weight is 340 g/mol. The highest BCUT2D eigenvalue weighted by Crippen LogP contribution is 2.26. The summed E-state index contributed by atoms with van der Waals surface area (Å²) in [6.45, 7) is 6.05. The molecule has 0 unspecified atom stereocenters. The zero-order chi connectivity index (χ0) is 14.4. The number of hydrogen-bond acceptors (Lipinski definition) is 5. The van der Waals surface area contributed by atoms with E-state index in [1.165, 1.54) is 5.56 Å². The standard InChI is InChI=1S/C14H18BrN3O2/c1-3-6-16-8-11-4-5-13(12(15)7-11)19-9-14-18-17-10(2)20-14/h4-5,7,16H,3,6,8-9H2,1-2H3. The van der Waals surface area contributed by atoms with Crippen LogP contribution in [0.2, 0.25) is 0 Å². The van der Waals surface area contributed by atoms with Crippen LogP contribution in [0, 0.1) is 6.92 Å². The fourth-order valence-corrected chi connectivity index (χ4v) is 2.26. The largest absolute Gasteiger partial charge is 0.483 e. The third-order valence-electron chi connectivity index (χ3n) is 2.67. The van der Waals surface area contributed by atoms with Gasteiger partial charge in [-0.25, -0.2) is 0 Å². The average Bonchev–Trinajstić information content (AvgIpc) is 2.84. The van der Waals surface area contributed by atoms with Crippen molar-refractivity contribution in [2.45, 2.75) is 33.4 Å². The second kappa shape index (κ2) is 7.40. The third kappa shape index (κ3) is 4.31. The Labute approximate surface area is 126 Å². The molecule has 0 saturated carbocycles. The minimum absolute atomic E-state index is 0.271. The highest BCUT2D eigenvalue weighted by atomic mass is 79.9. The SMILES string of the molecule is CCCNCc1ccc(OCc2nnc(C)o2)c(Br)c1. The Kier molecular flexibility index (Phi) is 5.55. The molecule has 2 rings (SSSR count). The first-order chi connectivity index (χ1) is 9.69. The lowest BCUT2D eigenvalue weighted by atomic mass is 10.2. The first-order valence-corrected chi connectivity index (χ1v) is 7.39. The number of ether oxygens (including phenoxy) is 1. The van der Waals surface area contributed by atoms with Crippen LogP contribution in [0.5, 0.6) is 5.75 Å². The molecule has 0 saturated heterocycles. The molecule has 0 spiro atoms. The maximum absolute atomic E-state index is 5.65. The summed E-state index contributed by atoms with van der Waals surface area (Å²) in [7, 11) is 0. The van der Waals surface area contributed by atoms with Crippen molar-refractivity contribution in [2.75, 3.05) is 6.54 Å². The van der Waals surface area contributed by atoms with Crippen LogP contribution in [-0.4, -0.2) is 16.7 Å². The molecule has 0 aliphatic carbocycles. The van der Waals surface area contributed by atoms with E-state index in [9.17, 15) is 0 Å². The van der Waals surface area contributed by atoms with Crippen molar-refractivity contribution < 1.29 is 9.15 Å². The summed E-state index contributed by atoms with van der Waals surface area (Å²) in [5.74, 6) is 1.78. The number of nitrogens with one attached hydrogen (secondary N) is 1. The first-order valence-electron chi connectivity index (χ1n) is 6.60. The van der Waals surface area contributed by atoms with Crippen LogP contribution in [0.3, 0.4) is 0 Å². The van der Waals surface area contributed by atoms with Crippen LogP contribution in [0.25, 0.3) is 0 Å². The molecule has 0 atom stereocenters. The number of nitrogens with zero attached hydrogens (tertiary/aromatic N) is 2. The van der Waals surface area contributed by atoms with Crippen LogP contribution in [0.1, 0.15) is 30.7 Å². The van der Waals surface area contributed by atoms with Gasteiger partial charge in [0, 0.05) is 13.5 Å². The third-order valence-corrected chi connectivity index (χ3v) is 3.29. The molecule has 0 aliphatic rings. The van der Waals surface area contributed by atoms with Crippen molar-refractivity contribution >= 4 is 15.9 Å². The lowest BCUT2D eigenvalue weighted by Gasteiger charge is -2.09. The highest BCUT2D eigenvalue weighted by Gasteiger charge is 2.06. The summed E-state index contributed by atoms with van der Waals surface area (Å²) in [6.07, 6.45) is 1.13. The lowest BCUT2D eigenvalue weighted by molar-refractivity contribution is 0.259. The van der Waals surface area contributed by atoms with Gasteiger partial charge in [-0.1, -0.05) is 13.0 Å². The molecule has 2 aromatic rings. The van der Waals surface area contributed by atoms with Gasteiger partial charge >= 0.3 is 0 Å². The topological polar surface area (TPSA) is 60.2 Å². The molecule has 1 heterocycles. The molecule has 1 N–H and O–H groups in total. The molecule has 0 radical (unpaired) electrons. The van der Waals surface area contributed by atoms with Gasteiger partial charge in [0.2, 0.25) is 5.89 Å². The minimum Gasteiger partial charge on any atom is -0.483 e. The molecule has 0 aliphatic heterocycles. The first kappa shape index (κ1) is 15.0. The number of rotatable bonds is 7. The van der Waals surface area contributed by atoms with Crippen molar-refractivity contribution in [2.24, 2.45) is 0 Å². The van der Waals surface area contributed by atoms with Gasteiger partial charge in [0.25, 0.3) is 5.89 Å². The molecular formula is C14H18BrN3O2. The van der Waals surface area contributed by atoms with Gasteiger partial charge in [-0.2, -0.15) is 0 Å². The van der Waals surface area contributed by atoms with Crippen LogP contribution in [0.15, 0.2) is 27.1 Å². The molecule has 1 aromatic carbocycles. The van der Waals surface area contributed by atoms with E-state index in [4.69, 9.17) is 9.15 Å². The van der Waals surface area contributed by atoms with E-state index in [-0.39, 0.29) is 6.61 Å². The Bertz CT molecular complexity index is 557. The van der Waals surface area contributed by atoms with Crippen LogP contribution >= 0.6 is 15.9 Å². The van der Waals surface area contributed by atoms with Gasteiger partial charge in [-0.15, -0.1) is 10.2 Å². The summed E-state index contributed by atoms with van der Waals surface area (Å²) < 4.78 is 11.8. The lowest BCUT2D eigenvalue weighted by Crippen LogP contribution is -2.13. The van der Waals surface area contributed by atoms with Crippen molar-refractivity contribution in [3.05, 3.63) is 40.0 Å². The second-order valence-electron chi connectivity index (χ2n) is 4.45. The molecule has 20 heavy (non-hydrogen) atoms. The smallest absolute Gasteiger partial charge is 0.253 e. The van der Waals surface area contributed by atoms with E-state index in [0.29, 0.717) is 11.8 Å².